The van der Waals surface area contributed by atoms with E-state index in [1.807, 2.05) is 6.92 Å². The van der Waals surface area contributed by atoms with Crippen LogP contribution in [0.5, 0.6) is 0 Å². The van der Waals surface area contributed by atoms with E-state index in [9.17, 15) is 4.79 Å². The van der Waals surface area contributed by atoms with E-state index in [0.717, 1.165) is 13.0 Å². The van der Waals surface area contributed by atoms with Crippen molar-refractivity contribution in [2.75, 3.05) is 26.7 Å². The van der Waals surface area contributed by atoms with Crippen LogP contribution in [0.2, 0.25) is 0 Å². The van der Waals surface area contributed by atoms with Crippen LogP contribution in [0.1, 0.15) is 13.3 Å². The van der Waals surface area contributed by atoms with E-state index in [4.69, 9.17) is 6.42 Å². The number of carbonyl (C=O) groups excluding carboxylic acids is 1. The van der Waals surface area contributed by atoms with Gasteiger partial charge in [-0.05, 0) is 6.42 Å². The van der Waals surface area contributed by atoms with Crippen molar-refractivity contribution in [3.63, 3.8) is 0 Å². The van der Waals surface area contributed by atoms with Crippen molar-refractivity contribution in [3.8, 4) is 12.3 Å². The number of amides is 1. The molecule has 0 radical (unpaired) electrons. The van der Waals surface area contributed by atoms with Crippen LogP contribution in [0.4, 0.5) is 0 Å². The second-order valence-electron chi connectivity index (χ2n) is 2.62. The minimum Gasteiger partial charge on any atom is -0.345 e. The number of hydrogen-bond acceptors (Lipinski definition) is 2. The molecule has 0 aromatic rings. The number of carbonyl (C=O) groups is 1. The first kappa shape index (κ1) is 11.0. The van der Waals surface area contributed by atoms with Gasteiger partial charge in [0, 0.05) is 13.6 Å². The van der Waals surface area contributed by atoms with Gasteiger partial charge in [0.25, 0.3) is 0 Å². The number of nitrogens with one attached hydrogen (secondary N) is 1. The zero-order chi connectivity index (χ0) is 9.40. The fourth-order valence-corrected chi connectivity index (χ4v) is 0.837. The summed E-state index contributed by atoms with van der Waals surface area (Å²) < 4.78 is 0. The number of terminal acetylenes is 1. The third kappa shape index (κ3) is 4.75. The summed E-state index contributed by atoms with van der Waals surface area (Å²) in [7, 11) is 1.80. The smallest absolute Gasteiger partial charge is 0.236 e. The Morgan fingerprint density at radius 2 is 2.33 bits per heavy atom. The molecule has 0 aliphatic rings. The minimum atomic E-state index is 0.0899. The van der Waals surface area contributed by atoms with Gasteiger partial charge in [-0.15, -0.1) is 6.42 Å². The summed E-state index contributed by atoms with van der Waals surface area (Å²) in [5, 5.41) is 2.85. The highest BCUT2D eigenvalue weighted by Crippen LogP contribution is 1.86. The molecule has 0 unspecified atom stereocenters. The summed E-state index contributed by atoms with van der Waals surface area (Å²) in [4.78, 5) is 12.9. The first-order chi connectivity index (χ1) is 5.72. The highest BCUT2D eigenvalue weighted by Gasteiger charge is 2.04. The summed E-state index contributed by atoms with van der Waals surface area (Å²) in [5.74, 6) is 2.50. The second-order valence-corrected chi connectivity index (χ2v) is 2.62. The van der Waals surface area contributed by atoms with Crippen molar-refractivity contribution in [3.05, 3.63) is 0 Å². The highest BCUT2D eigenvalue weighted by atomic mass is 16.2. The third-order valence-electron chi connectivity index (χ3n) is 1.49. The third-order valence-corrected chi connectivity index (χ3v) is 1.49. The van der Waals surface area contributed by atoms with E-state index >= 15 is 0 Å². The molecule has 0 spiro atoms. The number of likely N-dealkylation sites (N-methyl/N-ethyl adjacent to an activating group) is 1. The van der Waals surface area contributed by atoms with E-state index in [1.165, 1.54) is 0 Å². The number of nitrogens with zero attached hydrogens (tertiary/aromatic N) is 1. The summed E-state index contributed by atoms with van der Waals surface area (Å²) in [6.07, 6.45) is 6.00. The van der Waals surface area contributed by atoms with Crippen LogP contribution in [0.15, 0.2) is 0 Å². The van der Waals surface area contributed by atoms with Crippen LogP contribution in [0.3, 0.4) is 0 Å². The molecule has 1 N–H and O–H groups in total. The lowest BCUT2D eigenvalue weighted by Crippen LogP contribution is -2.36. The van der Waals surface area contributed by atoms with E-state index in [2.05, 4.69) is 11.2 Å². The minimum absolute atomic E-state index is 0.0899. The molecule has 0 saturated heterocycles. The molecule has 68 valence electrons. The Hall–Kier alpha value is -1.01. The maximum Gasteiger partial charge on any atom is 0.236 e. The number of hydrogen-bond donors (Lipinski definition) is 1. The maximum atomic E-state index is 11.2. The molecule has 0 saturated carbocycles. The van der Waals surface area contributed by atoms with Crippen LogP contribution >= 0.6 is 0 Å². The standard InChI is InChI=1S/C9H16N2O/c1-4-6-10-8-9(12)11(3)7-5-2/h1,10H,5-8H2,2-3H3. The number of rotatable bonds is 5. The average Bonchev–Trinajstić information content (AvgIpc) is 2.05. The first-order valence-electron chi connectivity index (χ1n) is 4.10. The summed E-state index contributed by atoms with van der Waals surface area (Å²) >= 11 is 0. The van der Waals surface area contributed by atoms with Gasteiger partial charge in [-0.3, -0.25) is 10.1 Å². The Morgan fingerprint density at radius 1 is 1.67 bits per heavy atom. The van der Waals surface area contributed by atoms with Gasteiger partial charge in [-0.25, -0.2) is 0 Å². The van der Waals surface area contributed by atoms with Gasteiger partial charge in [0.1, 0.15) is 0 Å². The van der Waals surface area contributed by atoms with Crippen LogP contribution in [-0.4, -0.2) is 37.5 Å². The van der Waals surface area contributed by atoms with Crippen molar-refractivity contribution in [2.45, 2.75) is 13.3 Å². The lowest BCUT2D eigenvalue weighted by Gasteiger charge is -2.15. The van der Waals surface area contributed by atoms with E-state index in [0.29, 0.717) is 13.1 Å². The molecule has 0 aromatic carbocycles. The Kier molecular flexibility index (Phi) is 6.12. The molecule has 3 nitrogen and oxygen atoms in total. The molecule has 0 aliphatic carbocycles. The highest BCUT2D eigenvalue weighted by molar-refractivity contribution is 5.77. The summed E-state index contributed by atoms with van der Waals surface area (Å²) in [5.41, 5.74) is 0. The molecule has 0 aromatic heterocycles. The van der Waals surface area contributed by atoms with Crippen molar-refractivity contribution < 1.29 is 4.79 Å². The Morgan fingerprint density at radius 3 is 2.83 bits per heavy atom. The lowest BCUT2D eigenvalue weighted by molar-refractivity contribution is -0.128. The van der Waals surface area contributed by atoms with Gasteiger partial charge in [0.05, 0.1) is 13.1 Å². The fourth-order valence-electron chi connectivity index (χ4n) is 0.837. The van der Waals surface area contributed by atoms with Gasteiger partial charge in [-0.1, -0.05) is 12.8 Å². The van der Waals surface area contributed by atoms with Gasteiger partial charge in [0.2, 0.25) is 5.91 Å². The van der Waals surface area contributed by atoms with E-state index in [1.54, 1.807) is 11.9 Å². The zero-order valence-electron chi connectivity index (χ0n) is 7.76. The molecule has 0 aliphatic heterocycles. The van der Waals surface area contributed by atoms with E-state index in [-0.39, 0.29) is 5.91 Å². The fraction of sp³-hybridized carbons (Fsp3) is 0.667. The predicted octanol–water partition coefficient (Wildman–Crippen LogP) is 0.0776. The SMILES string of the molecule is C#CCNCC(=O)N(C)CCC. The van der Waals surface area contributed by atoms with Crippen molar-refractivity contribution in [2.24, 2.45) is 0 Å². The summed E-state index contributed by atoms with van der Waals surface area (Å²) in [6, 6.07) is 0. The zero-order valence-corrected chi connectivity index (χ0v) is 7.76. The molecule has 0 fully saturated rings. The molecule has 0 atom stereocenters. The van der Waals surface area contributed by atoms with Crippen molar-refractivity contribution in [1.29, 1.82) is 0 Å². The van der Waals surface area contributed by atoms with Crippen LogP contribution < -0.4 is 5.32 Å². The quantitative estimate of drug-likeness (QED) is 0.465. The van der Waals surface area contributed by atoms with Crippen LogP contribution in [0.25, 0.3) is 0 Å². The maximum absolute atomic E-state index is 11.2. The van der Waals surface area contributed by atoms with Crippen LogP contribution in [-0.2, 0) is 4.79 Å². The monoisotopic (exact) mass is 168 g/mol. The molecule has 12 heavy (non-hydrogen) atoms. The normalized spacial score (nSPS) is 9.08. The van der Waals surface area contributed by atoms with Gasteiger partial charge in [0.15, 0.2) is 0 Å². The Balaban J connectivity index is 3.51. The van der Waals surface area contributed by atoms with Gasteiger partial charge in [-0.2, -0.15) is 0 Å². The average molecular weight is 168 g/mol. The van der Waals surface area contributed by atoms with Crippen LogP contribution in [0, 0.1) is 12.3 Å². The molecular formula is C9H16N2O. The van der Waals surface area contributed by atoms with Gasteiger partial charge >= 0.3 is 0 Å². The topological polar surface area (TPSA) is 32.3 Å². The summed E-state index contributed by atoms with van der Waals surface area (Å²) in [6.45, 7) is 3.63. The molecule has 0 bridgehead atoms. The van der Waals surface area contributed by atoms with E-state index < -0.39 is 0 Å². The molecular weight excluding hydrogens is 152 g/mol. The largest absolute Gasteiger partial charge is 0.345 e. The molecule has 0 rings (SSSR count). The second kappa shape index (κ2) is 6.68. The Bertz CT molecular complexity index is 172. The molecule has 0 heterocycles. The van der Waals surface area contributed by atoms with Crippen molar-refractivity contribution in [1.82, 2.24) is 10.2 Å². The molecule has 1 amide bonds. The van der Waals surface area contributed by atoms with Crippen molar-refractivity contribution >= 4 is 5.91 Å². The molecule has 3 heteroatoms. The first-order valence-corrected chi connectivity index (χ1v) is 4.10. The lowest BCUT2D eigenvalue weighted by atomic mass is 10.4. The Labute approximate surface area is 74.1 Å². The predicted molar refractivity (Wildman–Crippen MR) is 49.6 cm³/mol. The van der Waals surface area contributed by atoms with Gasteiger partial charge < -0.3 is 4.90 Å².